The van der Waals surface area contributed by atoms with Gasteiger partial charge in [0.25, 0.3) is 0 Å². The molecule has 0 aliphatic carbocycles. The number of carbonyl (C=O) groups is 2. The molecule has 0 radical (unpaired) electrons. The molecule has 1 aromatic carbocycles. The Morgan fingerprint density at radius 2 is 1.95 bits per heavy atom. The van der Waals surface area contributed by atoms with Gasteiger partial charge in [-0.3, -0.25) is 14.9 Å². The summed E-state index contributed by atoms with van der Waals surface area (Å²) in [5.41, 5.74) is 0.818. The third-order valence-electron chi connectivity index (χ3n) is 3.01. The van der Waals surface area contributed by atoms with Gasteiger partial charge >= 0.3 is 5.97 Å². The van der Waals surface area contributed by atoms with Crippen molar-refractivity contribution in [2.24, 2.45) is 11.3 Å². The lowest BCUT2D eigenvalue weighted by Gasteiger charge is -2.25. The number of hydrogen-bond donors (Lipinski definition) is 3. The van der Waals surface area contributed by atoms with Crippen molar-refractivity contribution in [1.29, 1.82) is 0 Å². The normalized spacial score (nSPS) is 13.2. The van der Waals surface area contributed by atoms with E-state index in [1.165, 1.54) is 0 Å². The van der Waals surface area contributed by atoms with Crippen molar-refractivity contribution in [1.82, 2.24) is 9.97 Å². The van der Waals surface area contributed by atoms with Crippen molar-refractivity contribution >= 4 is 28.9 Å². The Kier molecular flexibility index (Phi) is 3.48. The number of aliphatic carboxylic acids is 1. The summed E-state index contributed by atoms with van der Waals surface area (Å²) in [7, 11) is 0. The number of nitrogens with one attached hydrogen (secondary N) is 2. The SMILES string of the molecule is CC(C)(C)C(C(=O)O)C(=O)Nc1nc2ccccc2[nH]1. The standard InChI is InChI=1S/C14H17N3O3/c1-14(2,3)10(12(19)20)11(18)17-13-15-8-6-4-5-7-9(8)16-13/h4-7,10H,1-3H3,(H,19,20)(H2,15,16,17,18). The molecule has 2 rings (SSSR count). The van der Waals surface area contributed by atoms with Crippen LogP contribution in [0.3, 0.4) is 0 Å². The monoisotopic (exact) mass is 275 g/mol. The Morgan fingerprint density at radius 3 is 2.50 bits per heavy atom. The van der Waals surface area contributed by atoms with Crippen LogP contribution in [0.15, 0.2) is 24.3 Å². The van der Waals surface area contributed by atoms with Crippen LogP contribution in [-0.2, 0) is 9.59 Å². The highest BCUT2D eigenvalue weighted by atomic mass is 16.4. The Labute approximate surface area is 116 Å². The topological polar surface area (TPSA) is 95.1 Å². The molecular formula is C14H17N3O3. The number of anilines is 1. The minimum atomic E-state index is -1.15. The molecule has 0 aliphatic heterocycles. The third kappa shape index (κ3) is 2.79. The van der Waals surface area contributed by atoms with E-state index in [1.54, 1.807) is 26.8 Å². The van der Waals surface area contributed by atoms with Gasteiger partial charge in [0.15, 0.2) is 0 Å². The number of aromatic amines is 1. The van der Waals surface area contributed by atoms with E-state index in [4.69, 9.17) is 0 Å². The molecule has 1 amide bonds. The zero-order valence-corrected chi connectivity index (χ0v) is 11.6. The second-order valence-corrected chi connectivity index (χ2v) is 5.73. The number of carbonyl (C=O) groups excluding carboxylic acids is 1. The van der Waals surface area contributed by atoms with Crippen LogP contribution in [0.25, 0.3) is 11.0 Å². The van der Waals surface area contributed by atoms with Crippen molar-refractivity contribution in [2.75, 3.05) is 5.32 Å². The first kappa shape index (κ1) is 14.0. The van der Waals surface area contributed by atoms with Crippen molar-refractivity contribution in [2.45, 2.75) is 20.8 Å². The average Bonchev–Trinajstić information content (AvgIpc) is 2.67. The molecule has 3 N–H and O–H groups in total. The Morgan fingerprint density at radius 1 is 1.30 bits per heavy atom. The quantitative estimate of drug-likeness (QED) is 0.749. The van der Waals surface area contributed by atoms with Gasteiger partial charge in [0.1, 0.15) is 5.92 Å². The lowest BCUT2D eigenvalue weighted by atomic mass is 9.80. The molecule has 0 saturated carbocycles. The number of hydrogen-bond acceptors (Lipinski definition) is 3. The largest absolute Gasteiger partial charge is 0.481 e. The molecule has 1 unspecified atom stereocenters. The fourth-order valence-corrected chi connectivity index (χ4v) is 2.08. The predicted molar refractivity (Wildman–Crippen MR) is 75.3 cm³/mol. The average molecular weight is 275 g/mol. The fourth-order valence-electron chi connectivity index (χ4n) is 2.08. The summed E-state index contributed by atoms with van der Waals surface area (Å²) in [5.74, 6) is -2.61. The van der Waals surface area contributed by atoms with Crippen LogP contribution in [0.5, 0.6) is 0 Å². The molecule has 1 heterocycles. The molecule has 6 nitrogen and oxygen atoms in total. The number of para-hydroxylation sites is 2. The molecule has 1 atom stereocenters. The number of fused-ring (bicyclic) bond motifs is 1. The summed E-state index contributed by atoms with van der Waals surface area (Å²) in [5, 5.41) is 11.7. The van der Waals surface area contributed by atoms with Crippen LogP contribution >= 0.6 is 0 Å². The Hall–Kier alpha value is -2.37. The lowest BCUT2D eigenvalue weighted by molar-refractivity contribution is -0.149. The van der Waals surface area contributed by atoms with E-state index in [0.29, 0.717) is 5.52 Å². The Balaban J connectivity index is 2.24. The number of H-pyrrole nitrogens is 1. The summed E-state index contributed by atoms with van der Waals surface area (Å²) in [6.45, 7) is 5.14. The van der Waals surface area contributed by atoms with E-state index in [1.807, 2.05) is 18.2 Å². The summed E-state index contributed by atoms with van der Waals surface area (Å²) >= 11 is 0. The van der Waals surface area contributed by atoms with Gasteiger partial charge in [-0.05, 0) is 17.5 Å². The van der Waals surface area contributed by atoms with Gasteiger partial charge in [-0.2, -0.15) is 0 Å². The minimum Gasteiger partial charge on any atom is -0.481 e. The number of benzene rings is 1. The van der Waals surface area contributed by atoms with Crippen LogP contribution in [-0.4, -0.2) is 27.0 Å². The number of amides is 1. The highest BCUT2D eigenvalue weighted by Crippen LogP contribution is 2.27. The number of nitrogens with zero attached hydrogens (tertiary/aromatic N) is 1. The summed E-state index contributed by atoms with van der Waals surface area (Å²) in [4.78, 5) is 30.5. The van der Waals surface area contributed by atoms with Gasteiger partial charge in [0.05, 0.1) is 11.0 Å². The fraction of sp³-hybridized carbons (Fsp3) is 0.357. The maximum Gasteiger partial charge on any atom is 0.316 e. The van der Waals surface area contributed by atoms with E-state index in [2.05, 4.69) is 15.3 Å². The molecular weight excluding hydrogens is 258 g/mol. The third-order valence-corrected chi connectivity index (χ3v) is 3.01. The maximum absolute atomic E-state index is 12.1. The smallest absolute Gasteiger partial charge is 0.316 e. The van der Waals surface area contributed by atoms with Crippen molar-refractivity contribution in [3.8, 4) is 0 Å². The Bertz CT molecular complexity index is 622. The van der Waals surface area contributed by atoms with Crippen molar-refractivity contribution in [3.63, 3.8) is 0 Å². The predicted octanol–water partition coefficient (Wildman–Crippen LogP) is 2.25. The first-order chi connectivity index (χ1) is 9.29. The molecule has 0 saturated heterocycles. The second kappa shape index (κ2) is 4.96. The van der Waals surface area contributed by atoms with Crippen LogP contribution < -0.4 is 5.32 Å². The van der Waals surface area contributed by atoms with E-state index in [0.717, 1.165) is 5.52 Å². The molecule has 6 heteroatoms. The molecule has 0 spiro atoms. The highest BCUT2D eigenvalue weighted by Gasteiger charge is 2.38. The molecule has 0 bridgehead atoms. The van der Waals surface area contributed by atoms with Gasteiger partial charge in [0.2, 0.25) is 11.9 Å². The van der Waals surface area contributed by atoms with Gasteiger partial charge in [-0.25, -0.2) is 4.98 Å². The summed E-state index contributed by atoms with van der Waals surface area (Å²) in [6.07, 6.45) is 0. The number of imidazole rings is 1. The molecule has 1 aromatic heterocycles. The zero-order chi connectivity index (χ0) is 14.9. The number of carboxylic acids is 1. The van der Waals surface area contributed by atoms with Gasteiger partial charge in [-0.15, -0.1) is 0 Å². The van der Waals surface area contributed by atoms with Gasteiger partial charge < -0.3 is 10.1 Å². The molecule has 2 aromatic rings. The van der Waals surface area contributed by atoms with Crippen LogP contribution in [0.2, 0.25) is 0 Å². The maximum atomic E-state index is 12.1. The second-order valence-electron chi connectivity index (χ2n) is 5.73. The molecule has 20 heavy (non-hydrogen) atoms. The van der Waals surface area contributed by atoms with Gasteiger partial charge in [0, 0.05) is 0 Å². The summed E-state index contributed by atoms with van der Waals surface area (Å²) in [6, 6.07) is 7.32. The van der Waals surface area contributed by atoms with E-state index >= 15 is 0 Å². The highest BCUT2D eigenvalue weighted by molar-refractivity contribution is 6.04. The van der Waals surface area contributed by atoms with Crippen LogP contribution in [0, 0.1) is 11.3 Å². The minimum absolute atomic E-state index is 0.256. The molecule has 0 fully saturated rings. The van der Waals surface area contributed by atoms with Gasteiger partial charge in [-0.1, -0.05) is 32.9 Å². The van der Waals surface area contributed by atoms with E-state index in [-0.39, 0.29) is 5.95 Å². The van der Waals surface area contributed by atoms with Crippen LogP contribution in [0.1, 0.15) is 20.8 Å². The number of rotatable bonds is 3. The molecule has 106 valence electrons. The number of aromatic nitrogens is 2. The van der Waals surface area contributed by atoms with Crippen LogP contribution in [0.4, 0.5) is 5.95 Å². The lowest BCUT2D eigenvalue weighted by Crippen LogP contribution is -2.39. The first-order valence-corrected chi connectivity index (χ1v) is 6.27. The van der Waals surface area contributed by atoms with E-state index in [9.17, 15) is 14.7 Å². The summed E-state index contributed by atoms with van der Waals surface area (Å²) < 4.78 is 0. The van der Waals surface area contributed by atoms with Crippen molar-refractivity contribution < 1.29 is 14.7 Å². The zero-order valence-electron chi connectivity index (χ0n) is 11.6. The van der Waals surface area contributed by atoms with Crippen molar-refractivity contribution in [3.05, 3.63) is 24.3 Å². The number of carboxylic acid groups (broad SMARTS) is 1. The van der Waals surface area contributed by atoms with E-state index < -0.39 is 23.2 Å². The first-order valence-electron chi connectivity index (χ1n) is 6.27. The molecule has 0 aliphatic rings.